The number of benzene rings is 1. The molecular weight excluding hydrogens is 218 g/mol. The zero-order chi connectivity index (χ0) is 11.0. The largest absolute Gasteiger partial charge is 0.497 e. The molecule has 0 aliphatic carbocycles. The molecule has 1 aliphatic rings. The molecule has 80 valence electrons. The lowest BCUT2D eigenvalue weighted by Crippen LogP contribution is -2.27. The normalized spacial score (nSPS) is 23.1. The number of hydrogen-bond donors (Lipinski definition) is 2. The summed E-state index contributed by atoms with van der Waals surface area (Å²) in [4.78, 5) is 10.9. The second kappa shape index (κ2) is 3.62. The molecular formula is C10H10ClNO3. The molecule has 0 spiro atoms. The quantitative estimate of drug-likeness (QED) is 0.758. The van der Waals surface area contributed by atoms with Gasteiger partial charge in [0.05, 0.1) is 12.5 Å². The van der Waals surface area contributed by atoms with Crippen molar-refractivity contribution in [3.05, 3.63) is 23.8 Å². The van der Waals surface area contributed by atoms with Gasteiger partial charge in [-0.1, -0.05) is 0 Å². The molecule has 4 nitrogen and oxygen atoms in total. The summed E-state index contributed by atoms with van der Waals surface area (Å²) in [6.45, 7) is 0. The van der Waals surface area contributed by atoms with E-state index in [0.717, 1.165) is 11.3 Å². The fourth-order valence-electron chi connectivity index (χ4n) is 1.63. The maximum atomic E-state index is 10.9. The molecule has 0 saturated heterocycles. The number of aliphatic carboxylic acids is 1. The van der Waals surface area contributed by atoms with Crippen molar-refractivity contribution in [2.24, 2.45) is 0 Å². The molecule has 2 N–H and O–H groups in total. The molecule has 0 saturated carbocycles. The number of ether oxygens (including phenoxy) is 1. The number of carboxylic acid groups (broad SMARTS) is 1. The van der Waals surface area contributed by atoms with Crippen LogP contribution in [0.25, 0.3) is 0 Å². The average molecular weight is 228 g/mol. The van der Waals surface area contributed by atoms with E-state index in [1.807, 2.05) is 0 Å². The third kappa shape index (κ3) is 1.61. The molecule has 1 aliphatic heterocycles. The summed E-state index contributed by atoms with van der Waals surface area (Å²) in [6.07, 6.45) is 0. The van der Waals surface area contributed by atoms with Gasteiger partial charge in [-0.25, -0.2) is 4.79 Å². The molecule has 0 aromatic heterocycles. The molecule has 1 heterocycles. The second-order valence-electron chi connectivity index (χ2n) is 3.32. The van der Waals surface area contributed by atoms with Crippen LogP contribution in [-0.4, -0.2) is 24.2 Å². The van der Waals surface area contributed by atoms with Crippen LogP contribution in [0.4, 0.5) is 5.69 Å². The first-order valence-electron chi connectivity index (χ1n) is 4.45. The number of rotatable bonds is 2. The monoisotopic (exact) mass is 227 g/mol. The lowest BCUT2D eigenvalue weighted by atomic mass is 10.1. The predicted molar refractivity (Wildman–Crippen MR) is 56.6 cm³/mol. The molecule has 5 heteroatoms. The molecule has 2 unspecified atom stereocenters. The van der Waals surface area contributed by atoms with Crippen molar-refractivity contribution >= 4 is 23.3 Å². The number of halogens is 1. The van der Waals surface area contributed by atoms with Crippen molar-refractivity contribution in [3.63, 3.8) is 0 Å². The summed E-state index contributed by atoms with van der Waals surface area (Å²) >= 11 is 6.03. The van der Waals surface area contributed by atoms with E-state index in [9.17, 15) is 4.79 Å². The minimum absolute atomic E-state index is 0.562. The first kappa shape index (κ1) is 10.1. The molecule has 1 aromatic carbocycles. The van der Waals surface area contributed by atoms with Gasteiger partial charge >= 0.3 is 5.97 Å². The number of methoxy groups -OCH3 is 1. The summed E-state index contributed by atoms with van der Waals surface area (Å²) in [6, 6.07) is 4.52. The Morgan fingerprint density at radius 1 is 1.60 bits per heavy atom. The van der Waals surface area contributed by atoms with Gasteiger partial charge in [-0.3, -0.25) is 0 Å². The van der Waals surface area contributed by atoms with Crippen molar-refractivity contribution in [1.82, 2.24) is 0 Å². The van der Waals surface area contributed by atoms with Gasteiger partial charge in [0.25, 0.3) is 0 Å². The van der Waals surface area contributed by atoms with Crippen molar-refractivity contribution in [2.75, 3.05) is 12.4 Å². The van der Waals surface area contributed by atoms with Gasteiger partial charge in [-0.05, 0) is 23.8 Å². The van der Waals surface area contributed by atoms with Gasteiger partial charge in [-0.15, -0.1) is 11.6 Å². The second-order valence-corrected chi connectivity index (χ2v) is 3.79. The number of carboxylic acids is 1. The summed E-state index contributed by atoms with van der Waals surface area (Å²) < 4.78 is 5.05. The summed E-state index contributed by atoms with van der Waals surface area (Å²) in [5.41, 5.74) is 1.52. The standard InChI is InChI=1S/C10H10ClNO3/c1-15-5-2-3-7-6(4-5)8(11)9(12-7)10(13)14/h2-4,8-9,12H,1H3,(H,13,14). The SMILES string of the molecule is COc1ccc2c(c1)C(Cl)C(C(=O)O)N2. The van der Waals surface area contributed by atoms with Crippen LogP contribution < -0.4 is 10.1 Å². The highest BCUT2D eigenvalue weighted by atomic mass is 35.5. The van der Waals surface area contributed by atoms with Crippen molar-refractivity contribution < 1.29 is 14.6 Å². The van der Waals surface area contributed by atoms with E-state index in [4.69, 9.17) is 21.4 Å². The van der Waals surface area contributed by atoms with Gasteiger partial charge in [-0.2, -0.15) is 0 Å². The maximum absolute atomic E-state index is 10.9. The van der Waals surface area contributed by atoms with E-state index >= 15 is 0 Å². The Morgan fingerprint density at radius 3 is 2.93 bits per heavy atom. The van der Waals surface area contributed by atoms with Crippen LogP contribution >= 0.6 is 11.6 Å². The van der Waals surface area contributed by atoms with Crippen molar-refractivity contribution in [1.29, 1.82) is 0 Å². The average Bonchev–Trinajstić information content (AvgIpc) is 2.56. The van der Waals surface area contributed by atoms with Crippen LogP contribution in [0.3, 0.4) is 0 Å². The molecule has 1 aromatic rings. The third-order valence-corrected chi connectivity index (χ3v) is 2.91. The van der Waals surface area contributed by atoms with Crippen molar-refractivity contribution in [2.45, 2.75) is 11.4 Å². The Kier molecular flexibility index (Phi) is 2.44. The lowest BCUT2D eigenvalue weighted by Gasteiger charge is -2.08. The van der Waals surface area contributed by atoms with Crippen LogP contribution in [0.5, 0.6) is 5.75 Å². The Balaban J connectivity index is 2.37. The first-order valence-corrected chi connectivity index (χ1v) is 4.88. The van der Waals surface area contributed by atoms with E-state index in [1.54, 1.807) is 25.3 Å². The van der Waals surface area contributed by atoms with Crippen LogP contribution in [0.15, 0.2) is 18.2 Å². The molecule has 0 fully saturated rings. The molecule has 15 heavy (non-hydrogen) atoms. The van der Waals surface area contributed by atoms with Crippen LogP contribution in [0.1, 0.15) is 10.9 Å². The number of anilines is 1. The van der Waals surface area contributed by atoms with Crippen LogP contribution in [-0.2, 0) is 4.79 Å². The van der Waals surface area contributed by atoms with Gasteiger partial charge in [0.1, 0.15) is 11.8 Å². The number of fused-ring (bicyclic) bond motifs is 1. The van der Waals surface area contributed by atoms with Gasteiger partial charge in [0.2, 0.25) is 0 Å². The number of nitrogens with one attached hydrogen (secondary N) is 1. The van der Waals surface area contributed by atoms with E-state index < -0.39 is 17.4 Å². The van der Waals surface area contributed by atoms with E-state index in [-0.39, 0.29) is 0 Å². The number of hydrogen-bond acceptors (Lipinski definition) is 3. The number of carbonyl (C=O) groups is 1. The zero-order valence-electron chi connectivity index (χ0n) is 8.03. The summed E-state index contributed by atoms with van der Waals surface area (Å²) in [5, 5.41) is 11.2. The highest BCUT2D eigenvalue weighted by Gasteiger charge is 2.35. The van der Waals surface area contributed by atoms with E-state index in [2.05, 4.69) is 5.32 Å². The minimum atomic E-state index is -0.954. The van der Waals surface area contributed by atoms with Gasteiger partial charge in [0, 0.05) is 5.69 Å². The zero-order valence-corrected chi connectivity index (χ0v) is 8.78. The third-order valence-electron chi connectivity index (χ3n) is 2.43. The Bertz CT molecular complexity index is 408. The molecule has 0 bridgehead atoms. The molecule has 2 atom stereocenters. The lowest BCUT2D eigenvalue weighted by molar-refractivity contribution is -0.137. The molecule has 2 rings (SSSR count). The highest BCUT2D eigenvalue weighted by molar-refractivity contribution is 6.24. The fraction of sp³-hybridized carbons (Fsp3) is 0.300. The maximum Gasteiger partial charge on any atom is 0.328 e. The Labute approximate surface area is 91.8 Å². The van der Waals surface area contributed by atoms with Crippen molar-refractivity contribution in [3.8, 4) is 5.75 Å². The smallest absolute Gasteiger partial charge is 0.328 e. The summed E-state index contributed by atoms with van der Waals surface area (Å²) in [7, 11) is 1.56. The fourth-order valence-corrected chi connectivity index (χ4v) is 1.99. The summed E-state index contributed by atoms with van der Waals surface area (Å²) in [5.74, 6) is -0.280. The van der Waals surface area contributed by atoms with E-state index in [0.29, 0.717) is 5.75 Å². The first-order chi connectivity index (χ1) is 7.13. The predicted octanol–water partition coefficient (Wildman–Crippen LogP) is 1.85. The molecule has 0 radical (unpaired) electrons. The minimum Gasteiger partial charge on any atom is -0.497 e. The highest BCUT2D eigenvalue weighted by Crippen LogP contribution is 2.40. The number of alkyl halides is 1. The van der Waals surface area contributed by atoms with Crippen LogP contribution in [0.2, 0.25) is 0 Å². The van der Waals surface area contributed by atoms with Gasteiger partial charge < -0.3 is 15.2 Å². The molecule has 0 amide bonds. The van der Waals surface area contributed by atoms with E-state index in [1.165, 1.54) is 0 Å². The van der Waals surface area contributed by atoms with Crippen LogP contribution in [0, 0.1) is 0 Å². The van der Waals surface area contributed by atoms with Gasteiger partial charge in [0.15, 0.2) is 0 Å². The Hall–Kier alpha value is -1.42. The Morgan fingerprint density at radius 2 is 2.33 bits per heavy atom. The topological polar surface area (TPSA) is 58.6 Å².